The Morgan fingerprint density at radius 3 is 3.04 bits per heavy atom. The highest BCUT2D eigenvalue weighted by atomic mass is 32.1. The Morgan fingerprint density at radius 2 is 2.26 bits per heavy atom. The number of rotatable bonds is 5. The molecule has 0 aromatic carbocycles. The van der Waals surface area contributed by atoms with Crippen LogP contribution in [0.2, 0.25) is 0 Å². The van der Waals surface area contributed by atoms with Crippen molar-refractivity contribution in [2.45, 2.75) is 6.54 Å². The molecule has 0 unspecified atom stereocenters. The number of hydrogen-bond donors (Lipinski definition) is 2. The van der Waals surface area contributed by atoms with Crippen LogP contribution in [0.1, 0.15) is 4.88 Å². The number of H-pyrrole nitrogens is 1. The molecule has 0 amide bonds. The quantitative estimate of drug-likeness (QED) is 0.575. The van der Waals surface area contributed by atoms with E-state index in [9.17, 15) is 0 Å². The van der Waals surface area contributed by atoms with Gasteiger partial charge in [0.1, 0.15) is 5.52 Å². The Morgan fingerprint density at radius 1 is 1.30 bits per heavy atom. The normalized spacial score (nSPS) is 11.0. The van der Waals surface area contributed by atoms with Gasteiger partial charge >= 0.3 is 0 Å². The third-order valence-corrected chi connectivity index (χ3v) is 3.93. The molecule has 0 atom stereocenters. The summed E-state index contributed by atoms with van der Waals surface area (Å²) in [6.45, 7) is 0.614. The molecular formula is C13H12N8OS. The van der Waals surface area contributed by atoms with E-state index in [0.717, 1.165) is 10.4 Å². The monoisotopic (exact) mass is 328 g/mol. The molecule has 0 spiro atoms. The van der Waals surface area contributed by atoms with Crippen molar-refractivity contribution in [1.82, 2.24) is 34.9 Å². The van der Waals surface area contributed by atoms with Crippen LogP contribution in [0, 0.1) is 0 Å². The van der Waals surface area contributed by atoms with Crippen LogP contribution in [0.5, 0.6) is 5.88 Å². The van der Waals surface area contributed by atoms with Crippen molar-refractivity contribution < 1.29 is 4.74 Å². The average molecular weight is 328 g/mol. The Balaban J connectivity index is 1.63. The lowest BCUT2D eigenvalue weighted by Crippen LogP contribution is -2.03. The Hall–Kier alpha value is -3.01. The fourth-order valence-electron chi connectivity index (χ4n) is 2.10. The third-order valence-electron chi connectivity index (χ3n) is 3.16. The first-order valence-corrected chi connectivity index (χ1v) is 7.62. The number of aromatic amines is 1. The molecule has 0 bridgehead atoms. The zero-order valence-corrected chi connectivity index (χ0v) is 12.9. The first kappa shape index (κ1) is 13.6. The molecule has 4 heterocycles. The van der Waals surface area contributed by atoms with Crippen molar-refractivity contribution in [3.63, 3.8) is 0 Å². The fraction of sp³-hybridized carbons (Fsp3) is 0.154. The van der Waals surface area contributed by atoms with Crippen molar-refractivity contribution in [3.8, 4) is 5.88 Å². The first-order chi connectivity index (χ1) is 11.3. The zero-order valence-electron chi connectivity index (χ0n) is 12.1. The summed E-state index contributed by atoms with van der Waals surface area (Å²) < 4.78 is 6.85. The molecule has 23 heavy (non-hydrogen) atoms. The molecule has 0 radical (unpaired) electrons. The molecule has 4 rings (SSSR count). The lowest BCUT2D eigenvalue weighted by atomic mass is 10.5. The zero-order chi connectivity index (χ0) is 15.6. The standard InChI is InChI=1S/C13H12N8OS/c1-22-12-2-10(19-20-12)17-11-5-15-9-4-16-21(13(9)18-11)6-8-3-14-7-23-8/h2-5,7H,6H2,1H3,(H2,17,18,19,20). The average Bonchev–Trinajstić information content (AvgIpc) is 3.30. The summed E-state index contributed by atoms with van der Waals surface area (Å²) in [4.78, 5) is 14.1. The van der Waals surface area contributed by atoms with Gasteiger partial charge < -0.3 is 10.1 Å². The van der Waals surface area contributed by atoms with E-state index in [4.69, 9.17) is 4.74 Å². The van der Waals surface area contributed by atoms with Crippen molar-refractivity contribution in [1.29, 1.82) is 0 Å². The number of nitrogens with zero attached hydrogens (tertiary/aromatic N) is 6. The minimum absolute atomic E-state index is 0.566. The van der Waals surface area contributed by atoms with E-state index in [2.05, 4.69) is 35.6 Å². The molecule has 10 heteroatoms. The molecule has 0 saturated heterocycles. The van der Waals surface area contributed by atoms with Crippen molar-refractivity contribution >= 4 is 34.1 Å². The van der Waals surface area contributed by atoms with Crippen molar-refractivity contribution in [3.05, 3.63) is 35.0 Å². The Bertz CT molecular complexity index is 929. The SMILES string of the molecule is COc1cc(Nc2cnc3cnn(Cc4cncs4)c3n2)n[nH]1. The summed E-state index contributed by atoms with van der Waals surface area (Å²) >= 11 is 1.58. The third kappa shape index (κ3) is 2.71. The summed E-state index contributed by atoms with van der Waals surface area (Å²) in [5.74, 6) is 1.75. The molecule has 116 valence electrons. The second kappa shape index (κ2) is 5.65. The van der Waals surface area contributed by atoms with Gasteiger partial charge in [0.25, 0.3) is 0 Å². The first-order valence-electron chi connectivity index (χ1n) is 6.74. The van der Waals surface area contributed by atoms with Crippen LogP contribution in [-0.2, 0) is 6.54 Å². The molecule has 0 aliphatic heterocycles. The Labute approximate surface area is 134 Å². The van der Waals surface area contributed by atoms with Gasteiger partial charge in [0.05, 0.1) is 31.6 Å². The highest BCUT2D eigenvalue weighted by Gasteiger charge is 2.09. The van der Waals surface area contributed by atoms with Crippen LogP contribution in [0.4, 0.5) is 11.6 Å². The highest BCUT2D eigenvalue weighted by molar-refractivity contribution is 7.09. The molecule has 4 aromatic rings. The summed E-state index contributed by atoms with van der Waals surface area (Å²) in [6.07, 6.45) is 5.16. The fourth-order valence-corrected chi connectivity index (χ4v) is 2.67. The molecule has 0 saturated carbocycles. The lowest BCUT2D eigenvalue weighted by Gasteiger charge is -2.03. The summed E-state index contributed by atoms with van der Waals surface area (Å²) in [6, 6.07) is 1.74. The van der Waals surface area contributed by atoms with Crippen LogP contribution >= 0.6 is 11.3 Å². The van der Waals surface area contributed by atoms with Crippen molar-refractivity contribution in [2.75, 3.05) is 12.4 Å². The molecule has 0 aliphatic rings. The van der Waals surface area contributed by atoms with Crippen LogP contribution < -0.4 is 10.1 Å². The van der Waals surface area contributed by atoms with E-state index in [-0.39, 0.29) is 0 Å². The van der Waals surface area contributed by atoms with Gasteiger partial charge in [0.15, 0.2) is 17.3 Å². The number of fused-ring (bicyclic) bond motifs is 1. The number of nitrogens with one attached hydrogen (secondary N) is 2. The van der Waals surface area contributed by atoms with E-state index in [1.807, 2.05) is 6.20 Å². The van der Waals surface area contributed by atoms with Gasteiger partial charge in [-0.15, -0.1) is 11.3 Å². The van der Waals surface area contributed by atoms with E-state index >= 15 is 0 Å². The molecule has 9 nitrogen and oxygen atoms in total. The minimum atomic E-state index is 0.566. The van der Waals surface area contributed by atoms with Crippen molar-refractivity contribution in [2.24, 2.45) is 0 Å². The van der Waals surface area contributed by atoms with Gasteiger partial charge in [-0.05, 0) is 0 Å². The van der Waals surface area contributed by atoms with Gasteiger partial charge in [-0.2, -0.15) is 10.2 Å². The van der Waals surface area contributed by atoms with Crippen LogP contribution in [-0.4, -0.2) is 42.0 Å². The van der Waals surface area contributed by atoms with Crippen LogP contribution in [0.25, 0.3) is 11.2 Å². The smallest absolute Gasteiger partial charge is 0.210 e. The van der Waals surface area contributed by atoms with Gasteiger partial charge in [-0.3, -0.25) is 4.98 Å². The number of aromatic nitrogens is 7. The van der Waals surface area contributed by atoms with E-state index < -0.39 is 0 Å². The second-order valence-electron chi connectivity index (χ2n) is 4.68. The van der Waals surface area contributed by atoms with Crippen LogP contribution in [0.3, 0.4) is 0 Å². The second-order valence-corrected chi connectivity index (χ2v) is 5.65. The van der Waals surface area contributed by atoms with Gasteiger partial charge in [0, 0.05) is 17.1 Å². The Kier molecular flexibility index (Phi) is 3.35. The number of thiazole rings is 1. The van der Waals surface area contributed by atoms with Gasteiger partial charge in [-0.1, -0.05) is 0 Å². The number of methoxy groups -OCH3 is 1. The lowest BCUT2D eigenvalue weighted by molar-refractivity contribution is 0.397. The molecule has 0 fully saturated rings. The largest absolute Gasteiger partial charge is 0.481 e. The summed E-state index contributed by atoms with van der Waals surface area (Å²) in [7, 11) is 1.57. The van der Waals surface area contributed by atoms with E-state index in [1.165, 1.54) is 0 Å². The number of hydrogen-bond acceptors (Lipinski definition) is 8. The maximum Gasteiger partial charge on any atom is 0.210 e. The molecule has 2 N–H and O–H groups in total. The molecule has 4 aromatic heterocycles. The maximum absolute atomic E-state index is 5.06. The van der Waals surface area contributed by atoms with E-state index in [0.29, 0.717) is 29.7 Å². The number of ether oxygens (including phenoxy) is 1. The summed E-state index contributed by atoms with van der Waals surface area (Å²) in [5.41, 5.74) is 3.23. The van der Waals surface area contributed by atoms with E-state index in [1.54, 1.807) is 47.1 Å². The predicted octanol–water partition coefficient (Wildman–Crippen LogP) is 1.81. The van der Waals surface area contributed by atoms with Gasteiger partial charge in [-0.25, -0.2) is 19.7 Å². The topological polar surface area (TPSA) is 106 Å². The minimum Gasteiger partial charge on any atom is -0.481 e. The molecular weight excluding hydrogens is 316 g/mol. The summed E-state index contributed by atoms with van der Waals surface area (Å²) in [5, 5.41) is 14.2. The van der Waals surface area contributed by atoms with Gasteiger partial charge in [0.2, 0.25) is 5.88 Å². The number of anilines is 2. The maximum atomic E-state index is 5.06. The predicted molar refractivity (Wildman–Crippen MR) is 85.0 cm³/mol. The van der Waals surface area contributed by atoms with Crippen LogP contribution in [0.15, 0.2) is 30.2 Å². The highest BCUT2D eigenvalue weighted by Crippen LogP contribution is 2.19. The molecule has 0 aliphatic carbocycles.